The highest BCUT2D eigenvalue weighted by molar-refractivity contribution is 7.18. The van der Waals surface area contributed by atoms with Crippen LogP contribution in [0.25, 0.3) is 10.2 Å². The van der Waals surface area contributed by atoms with E-state index in [4.69, 9.17) is 4.98 Å². The van der Waals surface area contributed by atoms with E-state index in [1.54, 1.807) is 11.3 Å². The zero-order chi connectivity index (χ0) is 16.4. The quantitative estimate of drug-likeness (QED) is 0.816. The summed E-state index contributed by atoms with van der Waals surface area (Å²) in [5.74, 6) is 0.476. The summed E-state index contributed by atoms with van der Waals surface area (Å²) in [7, 11) is 0. The van der Waals surface area contributed by atoms with Crippen molar-refractivity contribution in [2.24, 2.45) is 5.92 Å². The Morgan fingerprint density at radius 3 is 2.71 bits per heavy atom. The first-order chi connectivity index (χ1) is 11.8. The maximum absolute atomic E-state index is 12.9. The molecule has 0 radical (unpaired) electrons. The second-order valence-electron chi connectivity index (χ2n) is 7.02. The average Bonchev–Trinajstić information content (AvgIpc) is 3.06. The molecule has 2 aliphatic carbocycles. The van der Waals surface area contributed by atoms with Gasteiger partial charge in [-0.3, -0.25) is 4.79 Å². The Bertz CT molecular complexity index is 712. The standard InChI is InChI=1S/C20H24N2OS/c23-19(21-14-8-2-1-3-9-14)15-10-4-5-11-16(15)20-22-17-12-6-7-13-18(17)24-20/h4-7,12-16H,1-3,8-11H2,(H,21,23)/t15-,16+/m1/s1. The van der Waals surface area contributed by atoms with Crippen LogP contribution in [0.3, 0.4) is 0 Å². The first-order valence-electron chi connectivity index (χ1n) is 9.12. The highest BCUT2D eigenvalue weighted by atomic mass is 32.1. The summed E-state index contributed by atoms with van der Waals surface area (Å²) in [6.45, 7) is 0. The van der Waals surface area contributed by atoms with Gasteiger partial charge in [0.15, 0.2) is 0 Å². The van der Waals surface area contributed by atoms with Crippen molar-refractivity contribution < 1.29 is 4.79 Å². The summed E-state index contributed by atoms with van der Waals surface area (Å²) in [6.07, 6.45) is 12.2. The Balaban J connectivity index is 1.54. The number of nitrogens with zero attached hydrogens (tertiary/aromatic N) is 1. The van der Waals surface area contributed by atoms with Gasteiger partial charge in [-0.2, -0.15) is 0 Å². The van der Waals surface area contributed by atoms with E-state index in [2.05, 4.69) is 35.7 Å². The van der Waals surface area contributed by atoms with E-state index in [1.807, 2.05) is 6.07 Å². The number of para-hydroxylation sites is 1. The lowest BCUT2D eigenvalue weighted by molar-refractivity contribution is -0.126. The summed E-state index contributed by atoms with van der Waals surface area (Å²) in [5.41, 5.74) is 1.05. The molecule has 126 valence electrons. The predicted molar refractivity (Wildman–Crippen MR) is 99.2 cm³/mol. The maximum atomic E-state index is 12.9. The molecule has 4 rings (SSSR count). The van der Waals surface area contributed by atoms with Gasteiger partial charge in [-0.1, -0.05) is 43.5 Å². The van der Waals surface area contributed by atoms with Crippen molar-refractivity contribution in [2.45, 2.75) is 56.9 Å². The van der Waals surface area contributed by atoms with Gasteiger partial charge in [-0.25, -0.2) is 4.98 Å². The van der Waals surface area contributed by atoms with E-state index in [1.165, 1.54) is 24.0 Å². The molecule has 2 aliphatic rings. The van der Waals surface area contributed by atoms with Crippen LogP contribution in [-0.2, 0) is 4.79 Å². The van der Waals surface area contributed by atoms with Crippen molar-refractivity contribution in [3.8, 4) is 0 Å². The molecule has 3 nitrogen and oxygen atoms in total. The minimum absolute atomic E-state index is 0.0255. The maximum Gasteiger partial charge on any atom is 0.224 e. The molecule has 0 bridgehead atoms. The van der Waals surface area contributed by atoms with Crippen LogP contribution >= 0.6 is 11.3 Å². The molecular formula is C20H24N2OS. The van der Waals surface area contributed by atoms with E-state index >= 15 is 0 Å². The van der Waals surface area contributed by atoms with Crippen LogP contribution in [0.5, 0.6) is 0 Å². The second kappa shape index (κ2) is 7.06. The zero-order valence-corrected chi connectivity index (χ0v) is 14.7. The SMILES string of the molecule is O=C(NC1CCCCC1)[C@@H]1CC=CC[C@@H]1c1nc2ccccc2s1. The minimum Gasteiger partial charge on any atom is -0.353 e. The summed E-state index contributed by atoms with van der Waals surface area (Å²) < 4.78 is 1.22. The lowest BCUT2D eigenvalue weighted by atomic mass is 9.82. The van der Waals surface area contributed by atoms with Gasteiger partial charge in [0.1, 0.15) is 0 Å². The molecule has 1 aromatic heterocycles. The molecule has 2 aromatic rings. The number of nitrogens with one attached hydrogen (secondary N) is 1. The molecular weight excluding hydrogens is 316 g/mol. The van der Waals surface area contributed by atoms with Crippen molar-refractivity contribution in [2.75, 3.05) is 0 Å². The molecule has 0 unspecified atom stereocenters. The summed E-state index contributed by atoms with van der Waals surface area (Å²) in [5, 5.41) is 4.44. The largest absolute Gasteiger partial charge is 0.353 e. The van der Waals surface area contributed by atoms with Crippen molar-refractivity contribution >= 4 is 27.5 Å². The topological polar surface area (TPSA) is 42.0 Å². The molecule has 1 N–H and O–H groups in total. The second-order valence-corrected chi connectivity index (χ2v) is 8.08. The Hall–Kier alpha value is -1.68. The Morgan fingerprint density at radius 1 is 1.08 bits per heavy atom. The van der Waals surface area contributed by atoms with Gasteiger partial charge in [0.05, 0.1) is 21.1 Å². The Kier molecular flexibility index (Phi) is 4.65. The van der Waals surface area contributed by atoms with Crippen LogP contribution in [0, 0.1) is 5.92 Å². The minimum atomic E-state index is 0.0255. The molecule has 1 saturated carbocycles. The lowest BCUT2D eigenvalue weighted by Gasteiger charge is -2.29. The van der Waals surface area contributed by atoms with Crippen molar-refractivity contribution in [3.05, 3.63) is 41.4 Å². The number of aromatic nitrogens is 1. The number of thiazole rings is 1. The molecule has 1 fully saturated rings. The number of hydrogen-bond acceptors (Lipinski definition) is 3. The van der Waals surface area contributed by atoms with Gasteiger partial charge in [0.2, 0.25) is 5.91 Å². The van der Waals surface area contributed by atoms with Gasteiger partial charge in [-0.15, -0.1) is 11.3 Å². The molecule has 1 heterocycles. The Morgan fingerprint density at radius 2 is 1.88 bits per heavy atom. The third kappa shape index (κ3) is 3.25. The van der Waals surface area contributed by atoms with E-state index in [0.717, 1.165) is 36.2 Å². The molecule has 24 heavy (non-hydrogen) atoms. The zero-order valence-electron chi connectivity index (χ0n) is 13.9. The summed E-state index contributed by atoms with van der Waals surface area (Å²) in [4.78, 5) is 17.7. The van der Waals surface area contributed by atoms with Crippen LogP contribution in [-0.4, -0.2) is 16.9 Å². The van der Waals surface area contributed by atoms with Crippen LogP contribution in [0.15, 0.2) is 36.4 Å². The van der Waals surface area contributed by atoms with Crippen LogP contribution in [0.1, 0.15) is 55.9 Å². The molecule has 1 aromatic carbocycles. The highest BCUT2D eigenvalue weighted by Crippen LogP contribution is 2.38. The highest BCUT2D eigenvalue weighted by Gasteiger charge is 2.33. The third-order valence-corrected chi connectivity index (χ3v) is 6.52. The number of carbonyl (C=O) groups excluding carboxylic acids is 1. The van der Waals surface area contributed by atoms with Gasteiger partial charge < -0.3 is 5.32 Å². The number of benzene rings is 1. The molecule has 0 aliphatic heterocycles. The van der Waals surface area contributed by atoms with Gasteiger partial charge >= 0.3 is 0 Å². The normalized spacial score (nSPS) is 25.0. The van der Waals surface area contributed by atoms with Gasteiger partial charge in [0, 0.05) is 12.0 Å². The molecule has 2 atom stereocenters. The first-order valence-corrected chi connectivity index (χ1v) is 9.94. The fourth-order valence-electron chi connectivity index (χ4n) is 3.98. The third-order valence-electron chi connectivity index (χ3n) is 5.35. The smallest absolute Gasteiger partial charge is 0.224 e. The van der Waals surface area contributed by atoms with E-state index in [9.17, 15) is 4.79 Å². The molecule has 1 amide bonds. The summed E-state index contributed by atoms with van der Waals surface area (Å²) >= 11 is 1.75. The fourth-order valence-corrected chi connectivity index (χ4v) is 5.13. The lowest BCUT2D eigenvalue weighted by Crippen LogP contribution is -2.42. The van der Waals surface area contributed by atoms with Crippen molar-refractivity contribution in [1.82, 2.24) is 10.3 Å². The number of carbonyl (C=O) groups is 1. The number of hydrogen-bond donors (Lipinski definition) is 1. The number of rotatable bonds is 3. The van der Waals surface area contributed by atoms with Crippen LogP contribution in [0.4, 0.5) is 0 Å². The van der Waals surface area contributed by atoms with E-state index in [-0.39, 0.29) is 17.7 Å². The Labute approximate surface area is 147 Å². The van der Waals surface area contributed by atoms with Crippen molar-refractivity contribution in [1.29, 1.82) is 0 Å². The van der Waals surface area contributed by atoms with Crippen molar-refractivity contribution in [3.63, 3.8) is 0 Å². The molecule has 4 heteroatoms. The molecule has 0 saturated heterocycles. The van der Waals surface area contributed by atoms with Gasteiger partial charge in [0.25, 0.3) is 0 Å². The fraction of sp³-hybridized carbons (Fsp3) is 0.500. The van der Waals surface area contributed by atoms with Crippen LogP contribution < -0.4 is 5.32 Å². The monoisotopic (exact) mass is 340 g/mol. The number of fused-ring (bicyclic) bond motifs is 1. The number of allylic oxidation sites excluding steroid dienone is 2. The van der Waals surface area contributed by atoms with Crippen LogP contribution in [0.2, 0.25) is 0 Å². The summed E-state index contributed by atoms with van der Waals surface area (Å²) in [6, 6.07) is 8.64. The average molecular weight is 340 g/mol. The molecule has 0 spiro atoms. The van der Waals surface area contributed by atoms with Gasteiger partial charge in [-0.05, 0) is 37.8 Å². The number of amides is 1. The predicted octanol–water partition coefficient (Wildman–Crippen LogP) is 4.80. The van der Waals surface area contributed by atoms with E-state index in [0.29, 0.717) is 6.04 Å². The van der Waals surface area contributed by atoms with E-state index < -0.39 is 0 Å². The first kappa shape index (κ1) is 15.8.